The van der Waals surface area contributed by atoms with E-state index in [1.54, 1.807) is 0 Å². The standard InChI is InChI=1S/C17H31N5O4.ClH/c1-11(2)21-14(24)8-19-13(23)7-17(5-6-18-10-17)16(26)20-9-15(25)22-12(3)4;/h11-12,18H,5-10H2,1-4H3,(H,19,23)(H,20,26)(H,21,24)(H,22,25);1H. The minimum absolute atomic E-state index is 0. The minimum atomic E-state index is -0.906. The average Bonchev–Trinajstić information content (AvgIpc) is 2.99. The number of carbonyl (C=O) groups excluding carboxylic acids is 4. The molecule has 1 atom stereocenters. The van der Waals surface area contributed by atoms with Gasteiger partial charge in [-0.2, -0.15) is 0 Å². The van der Waals surface area contributed by atoms with Crippen molar-refractivity contribution in [3.8, 4) is 0 Å². The van der Waals surface area contributed by atoms with Gasteiger partial charge in [0.05, 0.1) is 18.5 Å². The van der Waals surface area contributed by atoms with E-state index < -0.39 is 5.41 Å². The fraction of sp³-hybridized carbons (Fsp3) is 0.765. The van der Waals surface area contributed by atoms with Crippen molar-refractivity contribution in [3.05, 3.63) is 0 Å². The molecule has 5 N–H and O–H groups in total. The molecule has 0 radical (unpaired) electrons. The van der Waals surface area contributed by atoms with E-state index in [-0.39, 0.29) is 67.6 Å². The second-order valence-corrected chi connectivity index (χ2v) is 7.29. The molecule has 156 valence electrons. The van der Waals surface area contributed by atoms with Crippen LogP contribution in [0, 0.1) is 5.41 Å². The summed E-state index contributed by atoms with van der Waals surface area (Å²) in [6.07, 6.45) is 0.461. The molecule has 0 aromatic carbocycles. The van der Waals surface area contributed by atoms with Gasteiger partial charge >= 0.3 is 0 Å². The number of hydrogen-bond donors (Lipinski definition) is 5. The van der Waals surface area contributed by atoms with E-state index in [4.69, 9.17) is 0 Å². The van der Waals surface area contributed by atoms with Crippen molar-refractivity contribution in [3.63, 3.8) is 0 Å². The molecule has 1 rings (SSSR count). The van der Waals surface area contributed by atoms with Gasteiger partial charge in [-0.3, -0.25) is 19.2 Å². The molecule has 0 aromatic rings. The lowest BCUT2D eigenvalue weighted by molar-refractivity contribution is -0.137. The van der Waals surface area contributed by atoms with Gasteiger partial charge in [0.25, 0.3) is 0 Å². The smallest absolute Gasteiger partial charge is 0.239 e. The van der Waals surface area contributed by atoms with Crippen LogP contribution in [0.1, 0.15) is 40.5 Å². The van der Waals surface area contributed by atoms with Crippen LogP contribution in [0.3, 0.4) is 0 Å². The van der Waals surface area contributed by atoms with Gasteiger partial charge in [-0.15, -0.1) is 12.4 Å². The number of amides is 4. The van der Waals surface area contributed by atoms with Crippen molar-refractivity contribution in [1.29, 1.82) is 0 Å². The Morgan fingerprint density at radius 2 is 1.41 bits per heavy atom. The molecule has 0 aromatic heterocycles. The highest BCUT2D eigenvalue weighted by Crippen LogP contribution is 2.29. The lowest BCUT2D eigenvalue weighted by Crippen LogP contribution is -2.49. The monoisotopic (exact) mass is 405 g/mol. The van der Waals surface area contributed by atoms with Gasteiger partial charge in [0.1, 0.15) is 0 Å². The molecule has 1 aliphatic rings. The fourth-order valence-corrected chi connectivity index (χ4v) is 2.81. The molecule has 0 saturated carbocycles. The summed E-state index contributed by atoms with van der Waals surface area (Å²) < 4.78 is 0. The van der Waals surface area contributed by atoms with Gasteiger partial charge in [-0.1, -0.05) is 0 Å². The average molecular weight is 406 g/mol. The van der Waals surface area contributed by atoms with Crippen LogP contribution in [0.15, 0.2) is 0 Å². The second kappa shape index (κ2) is 11.8. The largest absolute Gasteiger partial charge is 0.352 e. The summed E-state index contributed by atoms with van der Waals surface area (Å²) in [6.45, 7) is 8.06. The molecule has 27 heavy (non-hydrogen) atoms. The van der Waals surface area contributed by atoms with Gasteiger partial charge in [0.2, 0.25) is 23.6 Å². The molecule has 9 nitrogen and oxygen atoms in total. The third kappa shape index (κ3) is 9.05. The maximum absolute atomic E-state index is 12.6. The zero-order valence-electron chi connectivity index (χ0n) is 16.4. The Morgan fingerprint density at radius 3 is 1.85 bits per heavy atom. The van der Waals surface area contributed by atoms with Crippen LogP contribution in [-0.2, 0) is 19.2 Å². The Bertz CT molecular complexity index is 533. The van der Waals surface area contributed by atoms with Crippen LogP contribution in [0.4, 0.5) is 0 Å². The maximum atomic E-state index is 12.6. The Morgan fingerprint density at radius 1 is 0.889 bits per heavy atom. The minimum Gasteiger partial charge on any atom is -0.352 e. The number of carbonyl (C=O) groups is 4. The Hall–Kier alpha value is -1.87. The molecular weight excluding hydrogens is 374 g/mol. The number of hydrogen-bond acceptors (Lipinski definition) is 5. The van der Waals surface area contributed by atoms with E-state index in [1.165, 1.54) is 0 Å². The highest BCUT2D eigenvalue weighted by molar-refractivity contribution is 5.93. The highest BCUT2D eigenvalue weighted by Gasteiger charge is 2.43. The molecule has 0 spiro atoms. The maximum Gasteiger partial charge on any atom is 0.239 e. The Balaban J connectivity index is 0.00000676. The predicted octanol–water partition coefficient (Wildman–Crippen LogP) is -0.940. The normalized spacial score (nSPS) is 18.6. The molecule has 1 aliphatic heterocycles. The predicted molar refractivity (Wildman–Crippen MR) is 104 cm³/mol. The summed E-state index contributed by atoms with van der Waals surface area (Å²) in [6, 6.07) is -0.0168. The molecule has 1 unspecified atom stereocenters. The zero-order valence-corrected chi connectivity index (χ0v) is 17.3. The van der Waals surface area contributed by atoms with Crippen LogP contribution < -0.4 is 26.6 Å². The van der Waals surface area contributed by atoms with E-state index in [1.807, 2.05) is 27.7 Å². The first-order chi connectivity index (χ1) is 12.1. The molecule has 0 bridgehead atoms. The Kier molecular flexibility index (Phi) is 10.9. The van der Waals surface area contributed by atoms with Crippen molar-refractivity contribution < 1.29 is 19.2 Å². The SMILES string of the molecule is CC(C)NC(=O)CNC(=O)CC1(C(=O)NCC(=O)NC(C)C)CCNC1.Cl. The summed E-state index contributed by atoms with van der Waals surface area (Å²) in [4.78, 5) is 48.1. The second-order valence-electron chi connectivity index (χ2n) is 7.29. The summed E-state index contributed by atoms with van der Waals surface area (Å²) in [5, 5.41) is 13.6. The lowest BCUT2D eigenvalue weighted by atomic mass is 9.82. The zero-order chi connectivity index (χ0) is 19.7. The van der Waals surface area contributed by atoms with Crippen LogP contribution in [0.2, 0.25) is 0 Å². The first-order valence-electron chi connectivity index (χ1n) is 8.99. The number of halogens is 1. The topological polar surface area (TPSA) is 128 Å². The van der Waals surface area contributed by atoms with Crippen molar-refractivity contribution in [2.45, 2.75) is 52.6 Å². The van der Waals surface area contributed by atoms with Crippen molar-refractivity contribution in [2.24, 2.45) is 5.41 Å². The van der Waals surface area contributed by atoms with Crippen LogP contribution in [0.5, 0.6) is 0 Å². The van der Waals surface area contributed by atoms with Crippen molar-refractivity contribution in [1.82, 2.24) is 26.6 Å². The number of rotatable bonds is 9. The summed E-state index contributed by atoms with van der Waals surface area (Å²) in [7, 11) is 0. The first-order valence-corrected chi connectivity index (χ1v) is 8.99. The summed E-state index contributed by atoms with van der Waals surface area (Å²) >= 11 is 0. The molecule has 1 saturated heterocycles. The van der Waals surface area contributed by atoms with E-state index >= 15 is 0 Å². The van der Waals surface area contributed by atoms with Crippen LogP contribution >= 0.6 is 12.4 Å². The molecule has 0 aliphatic carbocycles. The van der Waals surface area contributed by atoms with Gasteiger partial charge in [-0.25, -0.2) is 0 Å². The summed E-state index contributed by atoms with van der Waals surface area (Å²) in [5.74, 6) is -1.25. The van der Waals surface area contributed by atoms with E-state index in [0.717, 1.165) is 0 Å². The van der Waals surface area contributed by atoms with Gasteiger partial charge in [0, 0.05) is 25.0 Å². The molecule has 1 fully saturated rings. The van der Waals surface area contributed by atoms with Gasteiger partial charge < -0.3 is 26.6 Å². The van der Waals surface area contributed by atoms with E-state index in [0.29, 0.717) is 19.5 Å². The third-order valence-electron chi connectivity index (χ3n) is 3.98. The van der Waals surface area contributed by atoms with Crippen LogP contribution in [-0.4, -0.2) is 61.9 Å². The molecule has 10 heteroatoms. The van der Waals surface area contributed by atoms with Crippen molar-refractivity contribution in [2.75, 3.05) is 26.2 Å². The highest BCUT2D eigenvalue weighted by atomic mass is 35.5. The van der Waals surface area contributed by atoms with Gasteiger partial charge in [-0.05, 0) is 40.7 Å². The summed E-state index contributed by atoms with van der Waals surface area (Å²) in [5.41, 5.74) is -0.906. The molecule has 1 heterocycles. The fourth-order valence-electron chi connectivity index (χ4n) is 2.81. The molecule has 4 amide bonds. The van der Waals surface area contributed by atoms with Gasteiger partial charge in [0.15, 0.2) is 0 Å². The quantitative estimate of drug-likeness (QED) is 0.338. The number of nitrogens with one attached hydrogen (secondary N) is 5. The van der Waals surface area contributed by atoms with E-state index in [9.17, 15) is 19.2 Å². The Labute approximate surface area is 166 Å². The third-order valence-corrected chi connectivity index (χ3v) is 3.98. The van der Waals surface area contributed by atoms with Crippen LogP contribution in [0.25, 0.3) is 0 Å². The van der Waals surface area contributed by atoms with E-state index in [2.05, 4.69) is 26.6 Å². The lowest BCUT2D eigenvalue weighted by Gasteiger charge is -2.26. The van der Waals surface area contributed by atoms with Crippen molar-refractivity contribution >= 4 is 36.0 Å². The first kappa shape index (κ1) is 25.1. The molecular formula is C17H32ClN5O4.